The van der Waals surface area contributed by atoms with Crippen LogP contribution < -0.4 is 10.2 Å². The molecule has 0 bridgehead atoms. The van der Waals surface area contributed by atoms with Crippen LogP contribution in [0.2, 0.25) is 0 Å². The van der Waals surface area contributed by atoms with Crippen molar-refractivity contribution in [2.75, 3.05) is 23.7 Å². The van der Waals surface area contributed by atoms with Crippen LogP contribution in [0.15, 0.2) is 48.5 Å². The Balaban J connectivity index is 2.02. The van der Waals surface area contributed by atoms with Crippen molar-refractivity contribution in [2.45, 2.75) is 39.8 Å². The van der Waals surface area contributed by atoms with Crippen LogP contribution in [0.4, 0.5) is 5.69 Å². The molecule has 1 fully saturated rings. The molecule has 0 spiro atoms. The Bertz CT molecular complexity index is 1090. The first-order chi connectivity index (χ1) is 14.6. The molecular weight excluding hydrogens is 414 g/mol. The van der Waals surface area contributed by atoms with Crippen LogP contribution in [-0.2, 0) is 26.2 Å². The number of nitrogens with one attached hydrogen (secondary N) is 1. The summed E-state index contributed by atoms with van der Waals surface area (Å²) in [6.45, 7) is 6.84. The standard InChI is InChI=1S/C23H29N3O4S/c1-5-31(29,30)25-15-21(27)26(20-13-17(2)11-12-18(20)3)23(4,16-25)22(28)24-14-19-9-7-6-8-10-19/h6-13H,5,14-16H2,1-4H3,(H,24,28). The average molecular weight is 444 g/mol. The molecule has 8 heteroatoms. The van der Waals surface area contributed by atoms with Crippen molar-refractivity contribution in [3.63, 3.8) is 0 Å². The number of carbonyl (C=O) groups excluding carboxylic acids is 2. The quantitative estimate of drug-likeness (QED) is 0.743. The molecule has 1 aliphatic heterocycles. The molecule has 1 saturated heterocycles. The van der Waals surface area contributed by atoms with Gasteiger partial charge in [-0.3, -0.25) is 14.5 Å². The Morgan fingerprint density at radius 2 is 1.81 bits per heavy atom. The van der Waals surface area contributed by atoms with Crippen molar-refractivity contribution in [3.8, 4) is 0 Å². The van der Waals surface area contributed by atoms with Crippen LogP contribution in [0.25, 0.3) is 0 Å². The average Bonchev–Trinajstić information content (AvgIpc) is 2.74. The molecule has 1 atom stereocenters. The first-order valence-corrected chi connectivity index (χ1v) is 11.9. The van der Waals surface area contributed by atoms with Crippen LogP contribution >= 0.6 is 0 Å². The van der Waals surface area contributed by atoms with E-state index in [0.717, 1.165) is 21.0 Å². The molecule has 1 aliphatic rings. The maximum atomic E-state index is 13.5. The van der Waals surface area contributed by atoms with Crippen molar-refractivity contribution in [1.82, 2.24) is 9.62 Å². The zero-order valence-electron chi connectivity index (χ0n) is 18.4. The molecular formula is C23H29N3O4S. The number of benzene rings is 2. The highest BCUT2D eigenvalue weighted by Crippen LogP contribution is 2.33. The Morgan fingerprint density at radius 3 is 2.45 bits per heavy atom. The molecule has 0 radical (unpaired) electrons. The van der Waals surface area contributed by atoms with Gasteiger partial charge in [0.15, 0.2) is 0 Å². The fourth-order valence-corrected chi connectivity index (χ4v) is 4.97. The van der Waals surface area contributed by atoms with E-state index in [1.54, 1.807) is 6.92 Å². The van der Waals surface area contributed by atoms with Crippen LogP contribution in [0.5, 0.6) is 0 Å². The minimum Gasteiger partial charge on any atom is -0.350 e. The number of hydrogen-bond acceptors (Lipinski definition) is 4. The number of nitrogens with zero attached hydrogens (tertiary/aromatic N) is 2. The van der Waals surface area contributed by atoms with E-state index in [-0.39, 0.29) is 25.4 Å². The summed E-state index contributed by atoms with van der Waals surface area (Å²) in [6, 6.07) is 15.1. The molecule has 31 heavy (non-hydrogen) atoms. The predicted molar refractivity (Wildman–Crippen MR) is 121 cm³/mol. The summed E-state index contributed by atoms with van der Waals surface area (Å²) in [5.41, 5.74) is 1.93. The van der Waals surface area contributed by atoms with E-state index in [0.29, 0.717) is 5.69 Å². The lowest BCUT2D eigenvalue weighted by Gasteiger charge is -2.47. The van der Waals surface area contributed by atoms with Crippen LogP contribution in [0.3, 0.4) is 0 Å². The number of carbonyl (C=O) groups is 2. The maximum absolute atomic E-state index is 13.5. The molecule has 2 amide bonds. The molecule has 1 unspecified atom stereocenters. The van der Waals surface area contributed by atoms with Gasteiger partial charge in [-0.2, -0.15) is 4.31 Å². The van der Waals surface area contributed by atoms with E-state index in [9.17, 15) is 18.0 Å². The van der Waals surface area contributed by atoms with E-state index in [2.05, 4.69) is 5.32 Å². The number of aryl methyl sites for hydroxylation is 2. The Kier molecular flexibility index (Phi) is 6.52. The molecule has 2 aromatic carbocycles. The highest BCUT2D eigenvalue weighted by atomic mass is 32.2. The number of piperazine rings is 1. The molecule has 0 aliphatic carbocycles. The molecule has 1 heterocycles. The van der Waals surface area contributed by atoms with E-state index in [1.807, 2.05) is 62.4 Å². The zero-order chi connectivity index (χ0) is 22.8. The molecule has 0 aromatic heterocycles. The third-order valence-electron chi connectivity index (χ3n) is 5.69. The number of anilines is 1. The lowest BCUT2D eigenvalue weighted by atomic mass is 9.93. The lowest BCUT2D eigenvalue weighted by molar-refractivity contribution is -0.133. The van der Waals surface area contributed by atoms with E-state index in [4.69, 9.17) is 0 Å². The summed E-state index contributed by atoms with van der Waals surface area (Å²) in [5.74, 6) is -0.957. The molecule has 166 valence electrons. The third-order valence-corrected chi connectivity index (χ3v) is 7.46. The SMILES string of the molecule is CCS(=O)(=O)N1CC(=O)N(c2cc(C)ccc2C)C(C)(C(=O)NCc2ccccc2)C1. The lowest BCUT2D eigenvalue weighted by Crippen LogP contribution is -2.70. The van der Waals surface area contributed by atoms with Crippen LogP contribution in [-0.4, -0.2) is 48.9 Å². The van der Waals surface area contributed by atoms with Gasteiger partial charge < -0.3 is 5.32 Å². The number of sulfonamides is 1. The van der Waals surface area contributed by atoms with Crippen LogP contribution in [0, 0.1) is 13.8 Å². The maximum Gasteiger partial charge on any atom is 0.247 e. The minimum absolute atomic E-state index is 0.108. The second-order valence-corrected chi connectivity index (χ2v) is 10.4. The van der Waals surface area contributed by atoms with Gasteiger partial charge in [0.1, 0.15) is 5.54 Å². The second-order valence-electron chi connectivity index (χ2n) is 8.13. The monoisotopic (exact) mass is 443 g/mol. The first kappa shape index (κ1) is 23.0. The molecule has 1 N–H and O–H groups in total. The number of rotatable bonds is 6. The molecule has 2 aromatic rings. The van der Waals surface area contributed by atoms with Gasteiger partial charge in [-0.05, 0) is 50.5 Å². The molecule has 0 saturated carbocycles. The van der Waals surface area contributed by atoms with Gasteiger partial charge in [-0.25, -0.2) is 8.42 Å². The van der Waals surface area contributed by atoms with Crippen molar-refractivity contribution in [1.29, 1.82) is 0 Å². The molecule has 7 nitrogen and oxygen atoms in total. The van der Waals surface area contributed by atoms with Gasteiger partial charge in [-0.15, -0.1) is 0 Å². The number of hydrogen-bond donors (Lipinski definition) is 1. The topological polar surface area (TPSA) is 86.8 Å². The van der Waals surface area contributed by atoms with Gasteiger partial charge >= 0.3 is 0 Å². The zero-order valence-corrected chi connectivity index (χ0v) is 19.2. The Morgan fingerprint density at radius 1 is 1.13 bits per heavy atom. The van der Waals surface area contributed by atoms with E-state index < -0.39 is 27.4 Å². The van der Waals surface area contributed by atoms with Crippen molar-refractivity contribution in [3.05, 3.63) is 65.2 Å². The second kappa shape index (κ2) is 8.80. The summed E-state index contributed by atoms with van der Waals surface area (Å²) < 4.78 is 26.3. The summed E-state index contributed by atoms with van der Waals surface area (Å²) >= 11 is 0. The van der Waals surface area contributed by atoms with Crippen molar-refractivity contribution < 1.29 is 18.0 Å². The summed E-state index contributed by atoms with van der Waals surface area (Å²) in [6.07, 6.45) is 0. The van der Waals surface area contributed by atoms with Gasteiger partial charge in [0.05, 0.1) is 12.3 Å². The van der Waals surface area contributed by atoms with Crippen molar-refractivity contribution in [2.24, 2.45) is 0 Å². The van der Waals surface area contributed by atoms with Gasteiger partial charge in [-0.1, -0.05) is 42.5 Å². The Labute approximate surface area is 184 Å². The minimum atomic E-state index is -3.64. The van der Waals surface area contributed by atoms with Crippen molar-refractivity contribution >= 4 is 27.5 Å². The first-order valence-electron chi connectivity index (χ1n) is 10.3. The Hall–Kier alpha value is -2.71. The van der Waals surface area contributed by atoms with Gasteiger partial charge in [0.25, 0.3) is 0 Å². The van der Waals surface area contributed by atoms with Gasteiger partial charge in [0.2, 0.25) is 21.8 Å². The highest BCUT2D eigenvalue weighted by molar-refractivity contribution is 7.89. The molecule has 3 rings (SSSR count). The predicted octanol–water partition coefficient (Wildman–Crippen LogP) is 2.38. The van der Waals surface area contributed by atoms with E-state index >= 15 is 0 Å². The largest absolute Gasteiger partial charge is 0.350 e. The van der Waals surface area contributed by atoms with E-state index in [1.165, 1.54) is 11.8 Å². The van der Waals surface area contributed by atoms with Gasteiger partial charge in [0, 0.05) is 18.8 Å². The summed E-state index contributed by atoms with van der Waals surface area (Å²) in [4.78, 5) is 28.2. The summed E-state index contributed by atoms with van der Waals surface area (Å²) in [7, 11) is -3.64. The van der Waals surface area contributed by atoms with Crippen LogP contribution in [0.1, 0.15) is 30.5 Å². The fraction of sp³-hybridized carbons (Fsp3) is 0.391. The fourth-order valence-electron chi connectivity index (χ4n) is 3.85. The number of amides is 2. The normalized spacial score (nSPS) is 20.0. The summed E-state index contributed by atoms with van der Waals surface area (Å²) in [5, 5.41) is 2.90. The third kappa shape index (κ3) is 4.65. The smallest absolute Gasteiger partial charge is 0.247 e. The highest BCUT2D eigenvalue weighted by Gasteiger charge is 2.50.